The Kier molecular flexibility index (Phi) is 10.2. The molecule has 0 aliphatic heterocycles. The van der Waals surface area contributed by atoms with Crippen molar-refractivity contribution in [3.8, 4) is 0 Å². The third-order valence-corrected chi connectivity index (χ3v) is 1.08. The third-order valence-electron chi connectivity index (χ3n) is 1.08. The topological polar surface area (TPSA) is 26.3 Å². The number of carbonyl (C=O) groups is 1. The monoisotopic (exact) mass is 232 g/mol. The summed E-state index contributed by atoms with van der Waals surface area (Å²) in [6.07, 6.45) is 1.97. The fourth-order valence-corrected chi connectivity index (χ4v) is 0.432. The van der Waals surface area contributed by atoms with E-state index in [4.69, 9.17) is 4.74 Å². The molecule has 0 unspecified atom stereocenters. The molecule has 0 N–H and O–H groups in total. The van der Waals surface area contributed by atoms with Crippen LogP contribution in [-0.2, 0) is 35.7 Å². The zero-order valence-electron chi connectivity index (χ0n) is 7.14. The van der Waals surface area contributed by atoms with Crippen molar-refractivity contribution in [1.82, 2.24) is 0 Å². The number of rotatable bonds is 4. The molecular formula is C8H14O2Zr. The number of hydrogen-bond acceptors (Lipinski definition) is 2. The van der Waals surface area contributed by atoms with Crippen LogP contribution < -0.4 is 0 Å². The van der Waals surface area contributed by atoms with E-state index in [0.29, 0.717) is 12.2 Å². The van der Waals surface area contributed by atoms with E-state index in [-0.39, 0.29) is 32.2 Å². The van der Waals surface area contributed by atoms with Gasteiger partial charge >= 0.3 is 5.97 Å². The molecule has 62 valence electrons. The van der Waals surface area contributed by atoms with Crippen molar-refractivity contribution in [2.75, 3.05) is 6.61 Å². The Morgan fingerprint density at radius 3 is 2.45 bits per heavy atom. The van der Waals surface area contributed by atoms with E-state index in [1.807, 2.05) is 0 Å². The molecule has 0 spiro atoms. The van der Waals surface area contributed by atoms with E-state index >= 15 is 0 Å². The predicted octanol–water partition coefficient (Wildman–Crippen LogP) is 1.90. The van der Waals surface area contributed by atoms with E-state index in [2.05, 4.69) is 13.5 Å². The summed E-state index contributed by atoms with van der Waals surface area (Å²) in [7, 11) is 0. The van der Waals surface area contributed by atoms with Crippen molar-refractivity contribution in [3.63, 3.8) is 0 Å². The summed E-state index contributed by atoms with van der Waals surface area (Å²) in [5, 5.41) is 0. The number of ether oxygens (including phenoxy) is 1. The van der Waals surface area contributed by atoms with Crippen LogP contribution in [-0.4, -0.2) is 12.6 Å². The minimum atomic E-state index is -0.284. The first-order valence-corrected chi connectivity index (χ1v) is 3.51. The second-order valence-electron chi connectivity index (χ2n) is 2.27. The average molecular weight is 233 g/mol. The van der Waals surface area contributed by atoms with E-state index in [1.54, 1.807) is 6.92 Å². The van der Waals surface area contributed by atoms with Crippen molar-refractivity contribution < 1.29 is 35.7 Å². The molecule has 3 heteroatoms. The Hall–Kier alpha value is 0.0931. The van der Waals surface area contributed by atoms with Gasteiger partial charge in [-0.2, -0.15) is 0 Å². The van der Waals surface area contributed by atoms with Gasteiger partial charge < -0.3 is 4.74 Å². The van der Waals surface area contributed by atoms with Gasteiger partial charge in [-0.25, -0.2) is 4.79 Å². The fourth-order valence-electron chi connectivity index (χ4n) is 0.432. The smallest absolute Gasteiger partial charge is 0.333 e. The Morgan fingerprint density at radius 1 is 1.55 bits per heavy atom. The van der Waals surface area contributed by atoms with Gasteiger partial charge in [-0.3, -0.25) is 0 Å². The maximum atomic E-state index is 10.7. The first kappa shape index (κ1) is 13.7. The molecule has 0 rings (SSSR count). The average Bonchev–Trinajstić information content (AvgIpc) is 1.88. The van der Waals surface area contributed by atoms with Crippen LogP contribution in [0.4, 0.5) is 0 Å². The summed E-state index contributed by atoms with van der Waals surface area (Å²) in [6.45, 7) is 7.67. The number of esters is 1. The molecule has 2 nitrogen and oxygen atoms in total. The third kappa shape index (κ3) is 8.00. The molecule has 0 aliphatic rings. The van der Waals surface area contributed by atoms with Crippen molar-refractivity contribution in [2.45, 2.75) is 26.7 Å². The Labute approximate surface area is 87.1 Å². The van der Waals surface area contributed by atoms with Gasteiger partial charge in [-0.15, -0.1) is 0 Å². The Balaban J connectivity index is 0. The Bertz CT molecular complexity index is 132. The standard InChI is InChI=1S/C8H14O2.Zr/c1-4-5-6-10-8(9)7(2)3;/h2,4-6H2,1,3H3;. The SMILES string of the molecule is C=C(C)C(=O)OCCCC.[Zr]. The number of unbranched alkanes of at least 4 members (excludes halogenated alkanes) is 1. The first-order valence-electron chi connectivity index (χ1n) is 3.51. The minimum Gasteiger partial charge on any atom is -0.462 e. The van der Waals surface area contributed by atoms with Crippen LogP contribution in [0.5, 0.6) is 0 Å². The van der Waals surface area contributed by atoms with E-state index in [0.717, 1.165) is 12.8 Å². The number of carbonyl (C=O) groups excluding carboxylic acids is 1. The molecule has 0 aliphatic carbocycles. The van der Waals surface area contributed by atoms with Gasteiger partial charge in [0.2, 0.25) is 0 Å². The van der Waals surface area contributed by atoms with Gasteiger partial charge in [-0.1, -0.05) is 19.9 Å². The second kappa shape index (κ2) is 8.19. The Morgan fingerprint density at radius 2 is 2.09 bits per heavy atom. The molecule has 11 heavy (non-hydrogen) atoms. The van der Waals surface area contributed by atoms with Crippen molar-refractivity contribution in [3.05, 3.63) is 12.2 Å². The van der Waals surface area contributed by atoms with Crippen LogP contribution >= 0.6 is 0 Å². The summed E-state index contributed by atoms with van der Waals surface area (Å²) in [4.78, 5) is 10.7. The number of hydrogen-bond donors (Lipinski definition) is 0. The van der Waals surface area contributed by atoms with E-state index < -0.39 is 0 Å². The van der Waals surface area contributed by atoms with Crippen LogP contribution in [0.25, 0.3) is 0 Å². The van der Waals surface area contributed by atoms with Crippen LogP contribution in [0, 0.1) is 0 Å². The van der Waals surface area contributed by atoms with Crippen LogP contribution in [0.1, 0.15) is 26.7 Å². The van der Waals surface area contributed by atoms with Crippen molar-refractivity contribution in [2.24, 2.45) is 0 Å². The summed E-state index contributed by atoms with van der Waals surface area (Å²) in [5.41, 5.74) is 0.469. The molecule has 0 aromatic heterocycles. The maximum absolute atomic E-state index is 10.7. The summed E-state index contributed by atoms with van der Waals surface area (Å²) >= 11 is 0. The van der Waals surface area contributed by atoms with Crippen molar-refractivity contribution >= 4 is 5.97 Å². The molecule has 0 amide bonds. The second-order valence-corrected chi connectivity index (χ2v) is 2.27. The van der Waals surface area contributed by atoms with Crippen LogP contribution in [0.2, 0.25) is 0 Å². The largest absolute Gasteiger partial charge is 0.462 e. The zero-order chi connectivity index (χ0) is 7.98. The quantitative estimate of drug-likeness (QED) is 0.421. The first-order chi connectivity index (χ1) is 4.68. The molecular weight excluding hydrogens is 219 g/mol. The van der Waals surface area contributed by atoms with Gasteiger partial charge in [0.05, 0.1) is 6.61 Å². The molecule has 0 heterocycles. The van der Waals surface area contributed by atoms with Gasteiger partial charge in [-0.05, 0) is 13.3 Å². The normalized spacial score (nSPS) is 8.18. The molecule has 0 bridgehead atoms. The van der Waals surface area contributed by atoms with Gasteiger partial charge in [0.25, 0.3) is 0 Å². The van der Waals surface area contributed by atoms with E-state index in [9.17, 15) is 4.79 Å². The summed E-state index contributed by atoms with van der Waals surface area (Å²) < 4.78 is 4.81. The minimum absolute atomic E-state index is 0. The molecule has 0 aromatic rings. The molecule has 0 saturated heterocycles. The molecule has 0 fully saturated rings. The molecule has 0 atom stereocenters. The molecule has 0 aromatic carbocycles. The van der Waals surface area contributed by atoms with Crippen LogP contribution in [0.3, 0.4) is 0 Å². The van der Waals surface area contributed by atoms with Gasteiger partial charge in [0.1, 0.15) is 0 Å². The molecule has 0 radical (unpaired) electrons. The van der Waals surface area contributed by atoms with E-state index in [1.165, 1.54) is 0 Å². The van der Waals surface area contributed by atoms with Gasteiger partial charge in [0.15, 0.2) is 0 Å². The zero-order valence-corrected chi connectivity index (χ0v) is 9.60. The predicted molar refractivity (Wildman–Crippen MR) is 40.7 cm³/mol. The maximum Gasteiger partial charge on any atom is 0.333 e. The van der Waals surface area contributed by atoms with Crippen LogP contribution in [0.15, 0.2) is 12.2 Å². The summed E-state index contributed by atoms with van der Waals surface area (Å²) in [6, 6.07) is 0. The summed E-state index contributed by atoms with van der Waals surface area (Å²) in [5.74, 6) is -0.284. The van der Waals surface area contributed by atoms with Crippen molar-refractivity contribution in [1.29, 1.82) is 0 Å². The van der Waals surface area contributed by atoms with Gasteiger partial charge in [0, 0.05) is 31.8 Å². The molecule has 0 saturated carbocycles. The fraction of sp³-hybridized carbons (Fsp3) is 0.625.